The van der Waals surface area contributed by atoms with Gasteiger partial charge in [-0.05, 0) is 0 Å². The Hall–Kier alpha value is -2.04. The maximum absolute atomic E-state index is 11.8. The average Bonchev–Trinajstić information content (AvgIpc) is 2.43. The van der Waals surface area contributed by atoms with E-state index in [1.54, 1.807) is 0 Å². The number of nitrogens with one attached hydrogen (secondary N) is 2. The zero-order valence-electron chi connectivity index (χ0n) is 11.6. The zero-order chi connectivity index (χ0) is 16.3. The Morgan fingerprint density at radius 3 is 2.24 bits per heavy atom. The number of amides is 2. The van der Waals surface area contributed by atoms with Gasteiger partial charge in [-0.1, -0.05) is 0 Å². The van der Waals surface area contributed by atoms with Gasteiger partial charge in [-0.3, -0.25) is 19.2 Å². The fourth-order valence-corrected chi connectivity index (χ4v) is 1.35. The number of nitrogens with zero attached hydrogens (tertiary/aromatic N) is 1. The second-order valence-electron chi connectivity index (χ2n) is 4.13. The molecule has 0 spiro atoms. The monoisotopic (exact) mass is 303 g/mol. The van der Waals surface area contributed by atoms with Crippen LogP contribution in [0, 0.1) is 0 Å². The van der Waals surface area contributed by atoms with Crippen molar-refractivity contribution < 1.29 is 24.3 Å². The van der Waals surface area contributed by atoms with E-state index in [0.717, 1.165) is 4.90 Å². The van der Waals surface area contributed by atoms with Crippen LogP contribution in [-0.4, -0.2) is 79.4 Å². The average molecular weight is 303 g/mol. The minimum atomic E-state index is -1.25. The second-order valence-corrected chi connectivity index (χ2v) is 4.13. The predicted molar refractivity (Wildman–Crippen MR) is 73.2 cm³/mol. The molecule has 0 bridgehead atoms. The van der Waals surface area contributed by atoms with Crippen molar-refractivity contribution in [2.24, 2.45) is 11.5 Å². The van der Waals surface area contributed by atoms with Gasteiger partial charge in [0.1, 0.15) is 6.54 Å². The van der Waals surface area contributed by atoms with Crippen molar-refractivity contribution in [1.82, 2.24) is 15.5 Å². The van der Waals surface area contributed by atoms with E-state index >= 15 is 0 Å². The fraction of sp³-hybridized carbons (Fsp3) is 0.636. The Balaban J connectivity index is 4.42. The number of carbonyl (C=O) groups is 4. The molecule has 0 atom stereocenters. The summed E-state index contributed by atoms with van der Waals surface area (Å²) in [5.74, 6) is -2.83. The molecule has 0 saturated heterocycles. The van der Waals surface area contributed by atoms with E-state index in [4.69, 9.17) is 16.6 Å². The van der Waals surface area contributed by atoms with Gasteiger partial charge in [-0.15, -0.1) is 0 Å². The second kappa shape index (κ2) is 10.7. The topological polar surface area (TPSA) is 168 Å². The molecule has 7 N–H and O–H groups in total. The third-order valence-corrected chi connectivity index (χ3v) is 2.31. The lowest BCUT2D eigenvalue weighted by atomic mass is 10.3. The van der Waals surface area contributed by atoms with Crippen molar-refractivity contribution in [2.45, 2.75) is 0 Å². The molecule has 0 aliphatic carbocycles. The van der Waals surface area contributed by atoms with Gasteiger partial charge in [0.25, 0.3) is 0 Å². The Bertz CT molecular complexity index is 387. The van der Waals surface area contributed by atoms with Gasteiger partial charge in [0.2, 0.25) is 11.8 Å². The van der Waals surface area contributed by atoms with Crippen LogP contribution in [0.2, 0.25) is 0 Å². The van der Waals surface area contributed by atoms with E-state index in [9.17, 15) is 19.2 Å². The van der Waals surface area contributed by atoms with E-state index < -0.39 is 30.9 Å². The van der Waals surface area contributed by atoms with Crippen molar-refractivity contribution >= 4 is 23.6 Å². The third kappa shape index (κ3) is 9.49. The van der Waals surface area contributed by atoms with Gasteiger partial charge >= 0.3 is 5.97 Å². The standard InChI is InChI=1S/C11H21N5O5/c12-1-2-14-4-8(17)6-16(7-11(20)21)10(19)5-15-9(18)3-13/h14H,1-7,12-13H2,(H,15,18)(H,20,21). The van der Waals surface area contributed by atoms with E-state index in [1.807, 2.05) is 0 Å². The number of hydrogen-bond donors (Lipinski definition) is 5. The number of ketones is 1. The van der Waals surface area contributed by atoms with Crippen molar-refractivity contribution in [3.8, 4) is 0 Å². The van der Waals surface area contributed by atoms with Gasteiger partial charge in [0.05, 0.1) is 26.2 Å². The van der Waals surface area contributed by atoms with Crippen molar-refractivity contribution in [2.75, 3.05) is 45.8 Å². The first-order valence-corrected chi connectivity index (χ1v) is 6.29. The Labute approximate surface area is 121 Å². The maximum Gasteiger partial charge on any atom is 0.323 e. The van der Waals surface area contributed by atoms with Crippen LogP contribution in [0.1, 0.15) is 0 Å². The molecular weight excluding hydrogens is 282 g/mol. The Morgan fingerprint density at radius 1 is 1.05 bits per heavy atom. The molecule has 0 radical (unpaired) electrons. The molecule has 2 amide bonds. The molecule has 120 valence electrons. The molecule has 0 aromatic rings. The Morgan fingerprint density at radius 2 is 1.71 bits per heavy atom. The molecule has 0 saturated carbocycles. The molecular formula is C11H21N5O5. The quantitative estimate of drug-likeness (QED) is 0.241. The smallest absolute Gasteiger partial charge is 0.323 e. The van der Waals surface area contributed by atoms with Crippen LogP contribution in [0.5, 0.6) is 0 Å². The number of Topliss-reactive ketones (excluding diaryl/α,β-unsaturated/α-hetero) is 1. The van der Waals surface area contributed by atoms with Crippen LogP contribution in [0.4, 0.5) is 0 Å². The first-order valence-electron chi connectivity index (χ1n) is 6.29. The number of carboxylic acid groups (broad SMARTS) is 1. The van der Waals surface area contributed by atoms with E-state index in [1.165, 1.54) is 0 Å². The summed E-state index contributed by atoms with van der Waals surface area (Å²) in [6.45, 7) is -0.904. The molecule has 0 heterocycles. The van der Waals surface area contributed by atoms with Crippen LogP contribution in [0.3, 0.4) is 0 Å². The normalized spacial score (nSPS) is 10.0. The van der Waals surface area contributed by atoms with E-state index in [2.05, 4.69) is 10.6 Å². The lowest BCUT2D eigenvalue weighted by molar-refractivity contribution is -0.145. The van der Waals surface area contributed by atoms with Crippen molar-refractivity contribution in [1.29, 1.82) is 0 Å². The summed E-state index contributed by atoms with van der Waals surface area (Å²) in [6, 6.07) is 0. The Kier molecular flexibility index (Phi) is 9.67. The molecule has 21 heavy (non-hydrogen) atoms. The van der Waals surface area contributed by atoms with Gasteiger partial charge < -0.3 is 32.1 Å². The first-order chi connectivity index (χ1) is 9.90. The number of rotatable bonds is 11. The number of nitrogens with two attached hydrogens (primary N) is 2. The molecule has 0 rings (SSSR count). The van der Waals surface area contributed by atoms with Gasteiger partial charge in [0, 0.05) is 13.1 Å². The molecule has 10 heteroatoms. The van der Waals surface area contributed by atoms with Crippen LogP contribution in [0.25, 0.3) is 0 Å². The summed E-state index contributed by atoms with van der Waals surface area (Å²) in [6.07, 6.45) is 0. The van der Waals surface area contributed by atoms with E-state index in [-0.39, 0.29) is 25.4 Å². The lowest BCUT2D eigenvalue weighted by Gasteiger charge is -2.20. The highest BCUT2D eigenvalue weighted by Gasteiger charge is 2.19. The summed E-state index contributed by atoms with van der Waals surface area (Å²) in [5.41, 5.74) is 10.3. The molecule has 10 nitrogen and oxygen atoms in total. The van der Waals surface area contributed by atoms with Gasteiger partial charge in [-0.2, -0.15) is 0 Å². The maximum atomic E-state index is 11.8. The van der Waals surface area contributed by atoms with Crippen LogP contribution < -0.4 is 22.1 Å². The van der Waals surface area contributed by atoms with Gasteiger partial charge in [-0.25, -0.2) is 0 Å². The predicted octanol–water partition coefficient (Wildman–Crippen LogP) is -3.91. The number of aliphatic carboxylic acids is 1. The summed E-state index contributed by atoms with van der Waals surface area (Å²) in [7, 11) is 0. The van der Waals surface area contributed by atoms with E-state index in [0.29, 0.717) is 13.1 Å². The number of carboxylic acids is 1. The molecule has 0 aromatic heterocycles. The first kappa shape index (κ1) is 19.0. The summed E-state index contributed by atoms with van der Waals surface area (Å²) < 4.78 is 0. The summed E-state index contributed by atoms with van der Waals surface area (Å²) in [4.78, 5) is 45.9. The molecule has 0 aromatic carbocycles. The van der Waals surface area contributed by atoms with Crippen LogP contribution in [0.15, 0.2) is 0 Å². The largest absolute Gasteiger partial charge is 0.480 e. The van der Waals surface area contributed by atoms with Crippen LogP contribution in [-0.2, 0) is 19.2 Å². The molecule has 0 unspecified atom stereocenters. The minimum absolute atomic E-state index is 0.0181. The minimum Gasteiger partial charge on any atom is -0.480 e. The molecule has 0 fully saturated rings. The SMILES string of the molecule is NCCNCC(=O)CN(CC(=O)O)C(=O)CNC(=O)CN. The number of hydrogen-bond acceptors (Lipinski definition) is 7. The fourth-order valence-electron chi connectivity index (χ4n) is 1.35. The van der Waals surface area contributed by atoms with Crippen molar-refractivity contribution in [3.63, 3.8) is 0 Å². The molecule has 0 aliphatic rings. The number of carbonyl (C=O) groups excluding carboxylic acids is 3. The summed E-state index contributed by atoms with van der Waals surface area (Å²) in [5, 5.41) is 13.7. The van der Waals surface area contributed by atoms with Crippen LogP contribution >= 0.6 is 0 Å². The zero-order valence-corrected chi connectivity index (χ0v) is 11.6. The highest BCUT2D eigenvalue weighted by atomic mass is 16.4. The van der Waals surface area contributed by atoms with Gasteiger partial charge in [0.15, 0.2) is 5.78 Å². The highest BCUT2D eigenvalue weighted by Crippen LogP contribution is 1.91. The third-order valence-electron chi connectivity index (χ3n) is 2.31. The summed E-state index contributed by atoms with van der Waals surface area (Å²) >= 11 is 0. The highest BCUT2D eigenvalue weighted by molar-refractivity contribution is 5.91. The van der Waals surface area contributed by atoms with Crippen molar-refractivity contribution in [3.05, 3.63) is 0 Å². The molecule has 0 aliphatic heterocycles. The lowest BCUT2D eigenvalue weighted by Crippen LogP contribution is -2.47.